The standard InChI is InChI=1S/C22H28N2O2S/c1-4-20(22(26)23-3)24(14-18-12-10-17(2)11-13-18)21(25)16-27-15-19-8-6-5-7-9-19/h5-13,20H,4,14-16H2,1-3H3,(H,23,26)/t20-/m0/s1. The zero-order valence-electron chi connectivity index (χ0n) is 16.3. The van der Waals surface area contributed by atoms with E-state index in [-0.39, 0.29) is 11.8 Å². The first kappa shape index (κ1) is 21.0. The molecule has 27 heavy (non-hydrogen) atoms. The summed E-state index contributed by atoms with van der Waals surface area (Å²) in [5, 5.41) is 2.69. The lowest BCUT2D eigenvalue weighted by Gasteiger charge is -2.30. The van der Waals surface area contributed by atoms with Gasteiger partial charge in [0.15, 0.2) is 0 Å². The first-order valence-electron chi connectivity index (χ1n) is 9.23. The summed E-state index contributed by atoms with van der Waals surface area (Å²) in [5.41, 5.74) is 3.40. The Kier molecular flexibility index (Phi) is 8.40. The highest BCUT2D eigenvalue weighted by atomic mass is 32.2. The van der Waals surface area contributed by atoms with Crippen molar-refractivity contribution in [3.8, 4) is 0 Å². The van der Waals surface area contributed by atoms with E-state index in [2.05, 4.69) is 17.4 Å². The lowest BCUT2D eigenvalue weighted by molar-refractivity contribution is -0.139. The van der Waals surface area contributed by atoms with Gasteiger partial charge in [0.1, 0.15) is 6.04 Å². The van der Waals surface area contributed by atoms with Gasteiger partial charge in [-0.2, -0.15) is 0 Å². The molecule has 0 radical (unpaired) electrons. The summed E-state index contributed by atoms with van der Waals surface area (Å²) < 4.78 is 0. The monoisotopic (exact) mass is 384 g/mol. The Labute approximate surface area is 166 Å². The number of hydrogen-bond donors (Lipinski definition) is 1. The second kappa shape index (κ2) is 10.8. The summed E-state index contributed by atoms with van der Waals surface area (Å²) in [5.74, 6) is 1.01. The number of hydrogen-bond acceptors (Lipinski definition) is 3. The van der Waals surface area contributed by atoms with Crippen molar-refractivity contribution in [1.82, 2.24) is 10.2 Å². The van der Waals surface area contributed by atoms with Gasteiger partial charge in [-0.05, 0) is 24.5 Å². The molecule has 4 nitrogen and oxygen atoms in total. The van der Waals surface area contributed by atoms with Crippen molar-refractivity contribution in [3.05, 3.63) is 71.3 Å². The molecule has 5 heteroatoms. The summed E-state index contributed by atoms with van der Waals surface area (Å²) in [6, 6.07) is 17.7. The number of likely N-dealkylation sites (N-methyl/N-ethyl adjacent to an activating group) is 1. The van der Waals surface area contributed by atoms with Crippen LogP contribution in [0, 0.1) is 6.92 Å². The molecule has 0 spiro atoms. The Balaban J connectivity index is 2.08. The largest absolute Gasteiger partial charge is 0.357 e. The normalized spacial score (nSPS) is 11.7. The molecule has 0 fully saturated rings. The van der Waals surface area contributed by atoms with Gasteiger partial charge in [0.25, 0.3) is 0 Å². The number of benzene rings is 2. The summed E-state index contributed by atoms with van der Waals surface area (Å²) in [6.07, 6.45) is 0.584. The second-order valence-corrected chi connectivity index (χ2v) is 7.51. The van der Waals surface area contributed by atoms with Crippen molar-refractivity contribution in [2.45, 2.75) is 38.6 Å². The fourth-order valence-corrected chi connectivity index (χ4v) is 3.76. The number of thioether (sulfide) groups is 1. The predicted molar refractivity (Wildman–Crippen MR) is 112 cm³/mol. The fourth-order valence-electron chi connectivity index (χ4n) is 2.89. The van der Waals surface area contributed by atoms with Crippen molar-refractivity contribution in [1.29, 1.82) is 0 Å². The molecular weight excluding hydrogens is 356 g/mol. The molecule has 0 heterocycles. The minimum Gasteiger partial charge on any atom is -0.357 e. The molecule has 0 aromatic heterocycles. The minimum atomic E-state index is -0.457. The van der Waals surface area contributed by atoms with Crippen LogP contribution in [-0.4, -0.2) is 35.6 Å². The zero-order valence-corrected chi connectivity index (χ0v) is 17.1. The first-order valence-corrected chi connectivity index (χ1v) is 10.4. The third-order valence-corrected chi connectivity index (χ3v) is 5.43. The molecule has 0 bridgehead atoms. The number of carbonyl (C=O) groups is 2. The topological polar surface area (TPSA) is 49.4 Å². The highest BCUT2D eigenvalue weighted by Gasteiger charge is 2.27. The molecule has 1 atom stereocenters. The zero-order chi connectivity index (χ0) is 19.6. The van der Waals surface area contributed by atoms with Gasteiger partial charge in [-0.1, -0.05) is 67.1 Å². The minimum absolute atomic E-state index is 0.00745. The fraction of sp³-hybridized carbons (Fsp3) is 0.364. The van der Waals surface area contributed by atoms with Crippen LogP contribution in [0.3, 0.4) is 0 Å². The number of amides is 2. The van der Waals surface area contributed by atoms with E-state index in [9.17, 15) is 9.59 Å². The van der Waals surface area contributed by atoms with E-state index >= 15 is 0 Å². The molecule has 0 aliphatic rings. The van der Waals surface area contributed by atoms with Crippen LogP contribution in [0.2, 0.25) is 0 Å². The SMILES string of the molecule is CC[C@@H](C(=O)NC)N(Cc1ccc(C)cc1)C(=O)CSCc1ccccc1. The van der Waals surface area contributed by atoms with Gasteiger partial charge >= 0.3 is 0 Å². The molecule has 2 amide bonds. The van der Waals surface area contributed by atoms with Gasteiger partial charge in [0.05, 0.1) is 5.75 Å². The number of aryl methyl sites for hydroxylation is 1. The molecule has 0 unspecified atom stereocenters. The highest BCUT2D eigenvalue weighted by Crippen LogP contribution is 2.17. The van der Waals surface area contributed by atoms with E-state index in [4.69, 9.17) is 0 Å². The van der Waals surface area contributed by atoms with Crippen molar-refractivity contribution < 1.29 is 9.59 Å². The maximum atomic E-state index is 13.0. The molecule has 144 valence electrons. The Hall–Kier alpha value is -2.27. The van der Waals surface area contributed by atoms with Crippen LogP contribution in [0.5, 0.6) is 0 Å². The number of nitrogens with one attached hydrogen (secondary N) is 1. The van der Waals surface area contributed by atoms with Crippen molar-refractivity contribution >= 4 is 23.6 Å². The average molecular weight is 385 g/mol. The van der Waals surface area contributed by atoms with Crippen LogP contribution in [0.4, 0.5) is 0 Å². The van der Waals surface area contributed by atoms with Gasteiger partial charge in [-0.25, -0.2) is 0 Å². The van der Waals surface area contributed by atoms with E-state index in [1.807, 2.05) is 56.3 Å². The summed E-state index contributed by atoms with van der Waals surface area (Å²) in [7, 11) is 1.61. The predicted octanol–water partition coefficient (Wildman–Crippen LogP) is 3.78. The quantitative estimate of drug-likeness (QED) is 0.716. The van der Waals surface area contributed by atoms with Crippen LogP contribution in [-0.2, 0) is 21.9 Å². The van der Waals surface area contributed by atoms with E-state index in [0.29, 0.717) is 18.7 Å². The molecule has 2 rings (SSSR count). The number of carbonyl (C=O) groups excluding carboxylic acids is 2. The van der Waals surface area contributed by atoms with Crippen LogP contribution < -0.4 is 5.32 Å². The molecule has 0 aliphatic carbocycles. The van der Waals surface area contributed by atoms with Gasteiger partial charge < -0.3 is 10.2 Å². The molecule has 0 saturated heterocycles. The van der Waals surface area contributed by atoms with Crippen LogP contribution in [0.25, 0.3) is 0 Å². The summed E-state index contributed by atoms with van der Waals surface area (Å²) in [4.78, 5) is 27.0. The highest BCUT2D eigenvalue weighted by molar-refractivity contribution is 7.99. The first-order chi connectivity index (χ1) is 13.0. The Morgan fingerprint density at radius 3 is 2.30 bits per heavy atom. The maximum Gasteiger partial charge on any atom is 0.242 e. The molecule has 1 N–H and O–H groups in total. The smallest absolute Gasteiger partial charge is 0.242 e. The lowest BCUT2D eigenvalue weighted by atomic mass is 10.1. The number of nitrogens with zero attached hydrogens (tertiary/aromatic N) is 1. The van der Waals surface area contributed by atoms with Gasteiger partial charge in [0.2, 0.25) is 11.8 Å². The summed E-state index contributed by atoms with van der Waals surface area (Å²) >= 11 is 1.58. The lowest BCUT2D eigenvalue weighted by Crippen LogP contribution is -2.48. The van der Waals surface area contributed by atoms with Crippen LogP contribution >= 0.6 is 11.8 Å². The van der Waals surface area contributed by atoms with E-state index in [1.165, 1.54) is 11.1 Å². The van der Waals surface area contributed by atoms with Crippen molar-refractivity contribution in [2.75, 3.05) is 12.8 Å². The van der Waals surface area contributed by atoms with E-state index < -0.39 is 6.04 Å². The van der Waals surface area contributed by atoms with Crippen LogP contribution in [0.1, 0.15) is 30.0 Å². The maximum absolute atomic E-state index is 13.0. The Morgan fingerprint density at radius 1 is 1.04 bits per heavy atom. The third kappa shape index (κ3) is 6.43. The van der Waals surface area contributed by atoms with Crippen molar-refractivity contribution in [3.63, 3.8) is 0 Å². The van der Waals surface area contributed by atoms with E-state index in [1.54, 1.807) is 23.7 Å². The Morgan fingerprint density at radius 2 is 1.70 bits per heavy atom. The van der Waals surface area contributed by atoms with Crippen molar-refractivity contribution in [2.24, 2.45) is 0 Å². The second-order valence-electron chi connectivity index (χ2n) is 6.52. The Bertz CT molecular complexity index is 732. The molecule has 2 aromatic carbocycles. The van der Waals surface area contributed by atoms with Gasteiger partial charge in [-0.3, -0.25) is 9.59 Å². The molecule has 0 aliphatic heterocycles. The summed E-state index contributed by atoms with van der Waals surface area (Å²) in [6.45, 7) is 4.41. The average Bonchev–Trinajstić information content (AvgIpc) is 2.69. The molecular formula is C22H28N2O2S. The van der Waals surface area contributed by atoms with Gasteiger partial charge in [-0.15, -0.1) is 11.8 Å². The molecule has 2 aromatic rings. The van der Waals surface area contributed by atoms with Crippen LogP contribution in [0.15, 0.2) is 54.6 Å². The molecule has 0 saturated carbocycles. The third-order valence-electron chi connectivity index (χ3n) is 4.44. The van der Waals surface area contributed by atoms with E-state index in [0.717, 1.165) is 11.3 Å². The number of rotatable bonds is 9. The van der Waals surface area contributed by atoms with Gasteiger partial charge in [0, 0.05) is 19.3 Å².